The molecule has 0 spiro atoms. The molecule has 0 aliphatic heterocycles. The monoisotopic (exact) mass is 306 g/mol. The first-order chi connectivity index (χ1) is 10.4. The minimum absolute atomic E-state index is 0.0745. The molecule has 2 rings (SSSR count). The van der Waals surface area contributed by atoms with Crippen molar-refractivity contribution in [3.63, 3.8) is 0 Å². The lowest BCUT2D eigenvalue weighted by Gasteiger charge is -2.13. The number of aryl methyl sites for hydroxylation is 2. The molecule has 9 heteroatoms. The fourth-order valence-electron chi connectivity index (χ4n) is 1.65. The number of nitro groups is 1. The van der Waals surface area contributed by atoms with Crippen LogP contribution >= 0.6 is 0 Å². The molecule has 1 N–H and O–H groups in total. The number of rotatable bonds is 5. The second kappa shape index (κ2) is 6.20. The number of amides is 1. The number of ether oxygens (including phenoxy) is 1. The van der Waals surface area contributed by atoms with Crippen molar-refractivity contribution in [2.45, 2.75) is 26.9 Å². The summed E-state index contributed by atoms with van der Waals surface area (Å²) in [6.45, 7) is 4.77. The second-order valence-electron chi connectivity index (χ2n) is 4.60. The van der Waals surface area contributed by atoms with Crippen LogP contribution in [0.5, 0.6) is 5.75 Å². The van der Waals surface area contributed by atoms with Gasteiger partial charge < -0.3 is 24.7 Å². The summed E-state index contributed by atoms with van der Waals surface area (Å²) in [6, 6.07) is 4.51. The molecule has 1 atom stereocenters. The smallest absolute Gasteiger partial charge is 0.406 e. The number of pyridine rings is 1. The van der Waals surface area contributed by atoms with Gasteiger partial charge in [-0.3, -0.25) is 4.79 Å². The van der Waals surface area contributed by atoms with Gasteiger partial charge in [-0.25, -0.2) is 0 Å². The van der Waals surface area contributed by atoms with Crippen LogP contribution in [0.3, 0.4) is 0 Å². The van der Waals surface area contributed by atoms with Crippen molar-refractivity contribution in [1.82, 2.24) is 10.1 Å². The molecular formula is C13H14N4O5. The summed E-state index contributed by atoms with van der Waals surface area (Å²) >= 11 is 0. The molecule has 0 aromatic carbocycles. The van der Waals surface area contributed by atoms with Crippen LogP contribution in [0.2, 0.25) is 0 Å². The number of nitrogens with zero attached hydrogens (tertiary/aromatic N) is 3. The van der Waals surface area contributed by atoms with Crippen molar-refractivity contribution in [2.75, 3.05) is 5.32 Å². The third kappa shape index (κ3) is 3.57. The van der Waals surface area contributed by atoms with E-state index in [4.69, 9.17) is 9.26 Å². The van der Waals surface area contributed by atoms with E-state index in [1.165, 1.54) is 13.0 Å². The van der Waals surface area contributed by atoms with Gasteiger partial charge in [-0.2, -0.15) is 0 Å². The van der Waals surface area contributed by atoms with Crippen LogP contribution in [0.1, 0.15) is 18.4 Å². The van der Waals surface area contributed by atoms with E-state index in [1.54, 1.807) is 26.0 Å². The zero-order valence-electron chi connectivity index (χ0n) is 12.2. The van der Waals surface area contributed by atoms with Gasteiger partial charge in [-0.15, -0.1) is 0 Å². The molecule has 2 heterocycles. The van der Waals surface area contributed by atoms with Crippen molar-refractivity contribution >= 4 is 17.5 Å². The fourth-order valence-corrected chi connectivity index (χ4v) is 1.65. The molecule has 0 aliphatic carbocycles. The molecule has 0 aliphatic rings. The number of hydrogen-bond acceptors (Lipinski definition) is 7. The number of aromatic nitrogens is 2. The van der Waals surface area contributed by atoms with Crippen LogP contribution < -0.4 is 10.1 Å². The van der Waals surface area contributed by atoms with E-state index < -0.39 is 22.8 Å². The van der Waals surface area contributed by atoms with Crippen LogP contribution in [-0.2, 0) is 4.79 Å². The molecule has 0 fully saturated rings. The van der Waals surface area contributed by atoms with Gasteiger partial charge in [0.15, 0.2) is 11.9 Å². The molecule has 22 heavy (non-hydrogen) atoms. The third-order valence-electron chi connectivity index (χ3n) is 2.70. The first kappa shape index (κ1) is 15.4. The molecule has 0 bridgehead atoms. The molecule has 2 aromatic heterocycles. The Bertz CT molecular complexity index is 712. The Morgan fingerprint density at radius 3 is 2.77 bits per heavy atom. The quantitative estimate of drug-likeness (QED) is 0.662. The van der Waals surface area contributed by atoms with E-state index in [2.05, 4.69) is 15.5 Å². The Kier molecular flexibility index (Phi) is 4.35. The van der Waals surface area contributed by atoms with Gasteiger partial charge >= 0.3 is 5.82 Å². The standard InChI is InChI=1S/C13H14N4O5/c1-7-4-5-10(12(14-7)17(19)20)21-9(3)13(18)15-11-6-8(2)22-16-11/h4-6,9H,1-3H3,(H,15,16,18)/t9-/m1/s1. The Hall–Kier alpha value is -2.97. The molecule has 0 unspecified atom stereocenters. The van der Waals surface area contributed by atoms with Crippen molar-refractivity contribution in [3.05, 3.63) is 39.8 Å². The Morgan fingerprint density at radius 1 is 1.45 bits per heavy atom. The predicted molar refractivity (Wildman–Crippen MR) is 75.6 cm³/mol. The van der Waals surface area contributed by atoms with Gasteiger partial charge in [0.05, 0.1) is 0 Å². The molecule has 0 saturated carbocycles. The maximum Gasteiger partial charge on any atom is 0.406 e. The van der Waals surface area contributed by atoms with Crippen LogP contribution in [0.25, 0.3) is 0 Å². The predicted octanol–water partition coefficient (Wildman–Crippen LogP) is 2.00. The number of carbonyl (C=O) groups excluding carboxylic acids is 1. The first-order valence-electron chi connectivity index (χ1n) is 6.39. The molecule has 0 saturated heterocycles. The minimum Gasteiger partial charge on any atom is -0.473 e. The Balaban J connectivity index is 2.09. The summed E-state index contributed by atoms with van der Waals surface area (Å²) in [6.07, 6.45) is -0.972. The van der Waals surface area contributed by atoms with Crippen LogP contribution in [0.15, 0.2) is 22.7 Å². The summed E-state index contributed by atoms with van der Waals surface area (Å²) in [5, 5.41) is 17.1. The van der Waals surface area contributed by atoms with E-state index in [-0.39, 0.29) is 11.6 Å². The molecule has 116 valence electrons. The highest BCUT2D eigenvalue weighted by atomic mass is 16.6. The van der Waals surface area contributed by atoms with Gasteiger partial charge in [-0.1, -0.05) is 5.16 Å². The topological polar surface area (TPSA) is 120 Å². The lowest BCUT2D eigenvalue weighted by molar-refractivity contribution is -0.390. The van der Waals surface area contributed by atoms with Crippen LogP contribution in [0, 0.1) is 24.0 Å². The van der Waals surface area contributed by atoms with Gasteiger partial charge in [-0.05, 0) is 35.9 Å². The van der Waals surface area contributed by atoms with Gasteiger partial charge in [0.25, 0.3) is 5.91 Å². The van der Waals surface area contributed by atoms with Crippen molar-refractivity contribution in [3.8, 4) is 5.75 Å². The number of carbonyl (C=O) groups is 1. The van der Waals surface area contributed by atoms with Gasteiger partial charge in [0.2, 0.25) is 5.75 Å². The first-order valence-corrected chi connectivity index (χ1v) is 6.39. The largest absolute Gasteiger partial charge is 0.473 e. The van der Waals surface area contributed by atoms with Crippen molar-refractivity contribution < 1.29 is 19.0 Å². The zero-order chi connectivity index (χ0) is 16.3. The molecular weight excluding hydrogens is 292 g/mol. The van der Waals surface area contributed by atoms with E-state index in [0.717, 1.165) is 0 Å². The molecule has 2 aromatic rings. The normalized spacial score (nSPS) is 11.8. The molecule has 9 nitrogen and oxygen atoms in total. The SMILES string of the molecule is Cc1ccc(O[C@H](C)C(=O)Nc2cc(C)on2)c([N+](=O)[O-])n1. The Morgan fingerprint density at radius 2 is 2.18 bits per heavy atom. The number of anilines is 1. The maximum absolute atomic E-state index is 12.0. The Labute approximate surface area is 125 Å². The highest BCUT2D eigenvalue weighted by molar-refractivity contribution is 5.93. The van der Waals surface area contributed by atoms with E-state index in [0.29, 0.717) is 11.5 Å². The van der Waals surface area contributed by atoms with Crippen molar-refractivity contribution in [2.24, 2.45) is 0 Å². The lowest BCUT2D eigenvalue weighted by Crippen LogP contribution is -2.30. The number of hydrogen-bond donors (Lipinski definition) is 1. The summed E-state index contributed by atoms with van der Waals surface area (Å²) in [4.78, 5) is 26.1. The third-order valence-corrected chi connectivity index (χ3v) is 2.70. The summed E-state index contributed by atoms with van der Waals surface area (Å²) in [5.41, 5.74) is 0.481. The zero-order valence-corrected chi connectivity index (χ0v) is 12.2. The van der Waals surface area contributed by atoms with Gasteiger partial charge in [0.1, 0.15) is 11.5 Å². The summed E-state index contributed by atoms with van der Waals surface area (Å²) < 4.78 is 10.2. The van der Waals surface area contributed by atoms with Crippen LogP contribution in [0.4, 0.5) is 11.6 Å². The van der Waals surface area contributed by atoms with E-state index in [1.807, 2.05) is 0 Å². The maximum atomic E-state index is 12.0. The lowest BCUT2D eigenvalue weighted by atomic mass is 10.3. The van der Waals surface area contributed by atoms with Gasteiger partial charge in [0, 0.05) is 13.0 Å². The molecule has 1 amide bonds. The average Bonchev–Trinajstić information content (AvgIpc) is 2.85. The van der Waals surface area contributed by atoms with Crippen molar-refractivity contribution in [1.29, 1.82) is 0 Å². The summed E-state index contributed by atoms with van der Waals surface area (Å²) in [7, 11) is 0. The molecule has 0 radical (unpaired) electrons. The van der Waals surface area contributed by atoms with E-state index >= 15 is 0 Å². The summed E-state index contributed by atoms with van der Waals surface area (Å²) in [5.74, 6) is -0.230. The minimum atomic E-state index is -0.972. The van der Waals surface area contributed by atoms with E-state index in [9.17, 15) is 14.9 Å². The average molecular weight is 306 g/mol. The second-order valence-corrected chi connectivity index (χ2v) is 4.60. The number of nitrogens with one attached hydrogen (secondary N) is 1. The fraction of sp³-hybridized carbons (Fsp3) is 0.308. The van der Waals surface area contributed by atoms with Crippen LogP contribution in [-0.4, -0.2) is 27.1 Å². The highest BCUT2D eigenvalue weighted by Crippen LogP contribution is 2.25. The highest BCUT2D eigenvalue weighted by Gasteiger charge is 2.23.